The summed E-state index contributed by atoms with van der Waals surface area (Å²) in [4.78, 5) is 17.2. The number of thioether (sulfide) groups is 1. The summed E-state index contributed by atoms with van der Waals surface area (Å²) in [5, 5.41) is 0.572. The first-order valence-electron chi connectivity index (χ1n) is 10.0. The molecule has 31 heavy (non-hydrogen) atoms. The maximum atomic E-state index is 14.8. The fraction of sp³-hybridized carbons (Fsp3) is 0.619. The highest BCUT2D eigenvalue weighted by molar-refractivity contribution is 8.14. The summed E-state index contributed by atoms with van der Waals surface area (Å²) in [6.45, 7) is 5.36. The van der Waals surface area contributed by atoms with Crippen LogP contribution in [0.2, 0.25) is 0 Å². The van der Waals surface area contributed by atoms with Crippen LogP contribution < -0.4 is 0 Å². The number of carbonyl (C=O) groups is 1. The molecule has 0 amide bonds. The SMILES string of the molecule is CC(C)(C)OC(=O)CC1=N[C@@]2(c3ccccc3F)CO[C@@H](COS(C)(=O)=O)C[C@H]2CS1. The summed E-state index contributed by atoms with van der Waals surface area (Å²) >= 11 is 1.44. The van der Waals surface area contributed by atoms with Crippen LogP contribution in [0.5, 0.6) is 0 Å². The topological polar surface area (TPSA) is 91.3 Å². The van der Waals surface area contributed by atoms with Crippen LogP contribution in [-0.2, 0) is 34.1 Å². The van der Waals surface area contributed by atoms with Gasteiger partial charge in [-0.2, -0.15) is 8.42 Å². The standard InChI is InChI=1S/C21H28FNO6S2/c1-20(2,3)29-19(24)10-18-23-21(16-7-5-6-8-17(16)22)13-27-15(9-14(21)12-30-18)11-28-31(4,25)26/h5-8,14-15H,9-13H2,1-4H3/t14-,15+,21-/m0/s1. The van der Waals surface area contributed by atoms with E-state index in [0.29, 0.717) is 22.8 Å². The third kappa shape index (κ3) is 6.27. The molecule has 0 aromatic heterocycles. The molecule has 0 bridgehead atoms. The first-order valence-corrected chi connectivity index (χ1v) is 12.8. The lowest BCUT2D eigenvalue weighted by Crippen LogP contribution is -2.50. The Morgan fingerprint density at radius 2 is 2.06 bits per heavy atom. The Balaban J connectivity index is 1.87. The van der Waals surface area contributed by atoms with Crippen LogP contribution in [0.1, 0.15) is 39.2 Å². The molecular weight excluding hydrogens is 445 g/mol. The van der Waals surface area contributed by atoms with E-state index < -0.39 is 39.1 Å². The molecule has 7 nitrogen and oxygen atoms in total. The van der Waals surface area contributed by atoms with E-state index in [1.807, 2.05) is 0 Å². The highest BCUT2D eigenvalue weighted by Crippen LogP contribution is 2.47. The number of fused-ring (bicyclic) bond motifs is 1. The molecule has 2 aliphatic heterocycles. The summed E-state index contributed by atoms with van der Waals surface area (Å²) in [5.41, 5.74) is -1.19. The van der Waals surface area contributed by atoms with E-state index in [0.717, 1.165) is 6.26 Å². The van der Waals surface area contributed by atoms with Crippen molar-refractivity contribution in [2.24, 2.45) is 10.9 Å². The van der Waals surface area contributed by atoms with E-state index in [-0.39, 0.29) is 25.6 Å². The smallest absolute Gasteiger partial charge is 0.312 e. The lowest BCUT2D eigenvalue weighted by atomic mass is 9.75. The molecule has 172 valence electrons. The van der Waals surface area contributed by atoms with E-state index in [1.54, 1.807) is 39.0 Å². The molecule has 0 saturated carbocycles. The molecule has 0 unspecified atom stereocenters. The van der Waals surface area contributed by atoms with Crippen molar-refractivity contribution >= 4 is 32.9 Å². The van der Waals surface area contributed by atoms with Crippen molar-refractivity contribution in [2.45, 2.75) is 50.9 Å². The number of halogens is 1. The second-order valence-electron chi connectivity index (χ2n) is 8.84. The van der Waals surface area contributed by atoms with Gasteiger partial charge in [0.25, 0.3) is 10.1 Å². The third-order valence-electron chi connectivity index (χ3n) is 5.06. The van der Waals surface area contributed by atoms with Crippen LogP contribution in [0, 0.1) is 11.7 Å². The molecule has 2 heterocycles. The highest BCUT2D eigenvalue weighted by Gasteiger charge is 2.49. The number of hydrogen-bond acceptors (Lipinski definition) is 8. The van der Waals surface area contributed by atoms with Crippen molar-refractivity contribution in [3.63, 3.8) is 0 Å². The largest absolute Gasteiger partial charge is 0.460 e. The zero-order valence-electron chi connectivity index (χ0n) is 18.1. The lowest BCUT2D eigenvalue weighted by molar-refractivity contribution is -0.153. The van der Waals surface area contributed by atoms with E-state index in [1.165, 1.54) is 17.8 Å². The molecule has 0 radical (unpaired) electrons. The quantitative estimate of drug-likeness (QED) is 0.463. The minimum Gasteiger partial charge on any atom is -0.460 e. The van der Waals surface area contributed by atoms with Gasteiger partial charge in [-0.3, -0.25) is 14.0 Å². The summed E-state index contributed by atoms with van der Waals surface area (Å²) < 4.78 is 53.7. The highest BCUT2D eigenvalue weighted by atomic mass is 32.2. The summed E-state index contributed by atoms with van der Waals surface area (Å²) in [7, 11) is -3.59. The van der Waals surface area contributed by atoms with Gasteiger partial charge in [0.1, 0.15) is 17.0 Å². The number of esters is 1. The monoisotopic (exact) mass is 473 g/mol. The molecule has 1 aromatic rings. The van der Waals surface area contributed by atoms with Gasteiger partial charge in [-0.15, -0.1) is 11.8 Å². The lowest BCUT2D eigenvalue weighted by Gasteiger charge is -2.46. The second-order valence-corrected chi connectivity index (χ2v) is 11.6. The Hall–Kier alpha value is -1.49. The van der Waals surface area contributed by atoms with Crippen LogP contribution in [0.4, 0.5) is 4.39 Å². The van der Waals surface area contributed by atoms with Gasteiger partial charge >= 0.3 is 5.97 Å². The average molecular weight is 474 g/mol. The molecule has 1 saturated heterocycles. The maximum absolute atomic E-state index is 14.8. The fourth-order valence-electron chi connectivity index (χ4n) is 3.80. The number of rotatable bonds is 6. The molecule has 0 spiro atoms. The normalized spacial score (nSPS) is 26.7. The third-order valence-corrected chi connectivity index (χ3v) is 6.76. The van der Waals surface area contributed by atoms with Gasteiger partial charge in [0.2, 0.25) is 0 Å². The molecule has 2 aliphatic rings. The van der Waals surface area contributed by atoms with Crippen molar-refractivity contribution in [2.75, 3.05) is 25.2 Å². The fourth-order valence-corrected chi connectivity index (χ4v) is 5.45. The Kier molecular flexibility index (Phi) is 7.15. The van der Waals surface area contributed by atoms with Gasteiger partial charge in [0.05, 0.1) is 37.0 Å². The van der Waals surface area contributed by atoms with Crippen molar-refractivity contribution in [1.29, 1.82) is 0 Å². The number of benzene rings is 1. The summed E-state index contributed by atoms with van der Waals surface area (Å²) in [5.74, 6) is -0.306. The Labute approximate surface area is 186 Å². The van der Waals surface area contributed by atoms with E-state index in [2.05, 4.69) is 0 Å². The van der Waals surface area contributed by atoms with Gasteiger partial charge in [0.15, 0.2) is 0 Å². The first kappa shape index (κ1) is 24.2. The van der Waals surface area contributed by atoms with Gasteiger partial charge in [0, 0.05) is 17.2 Å². The molecule has 1 aromatic carbocycles. The van der Waals surface area contributed by atoms with Crippen molar-refractivity contribution in [1.82, 2.24) is 0 Å². The summed E-state index contributed by atoms with van der Waals surface area (Å²) in [6, 6.07) is 6.42. The van der Waals surface area contributed by atoms with Crippen LogP contribution in [0.15, 0.2) is 29.3 Å². The van der Waals surface area contributed by atoms with Gasteiger partial charge < -0.3 is 9.47 Å². The summed E-state index contributed by atoms with van der Waals surface area (Å²) in [6.07, 6.45) is 1.01. The van der Waals surface area contributed by atoms with E-state index >= 15 is 0 Å². The zero-order valence-corrected chi connectivity index (χ0v) is 19.7. The average Bonchev–Trinajstić information content (AvgIpc) is 2.64. The van der Waals surface area contributed by atoms with E-state index in [4.69, 9.17) is 18.6 Å². The Morgan fingerprint density at radius 3 is 2.71 bits per heavy atom. The predicted octanol–water partition coefficient (Wildman–Crippen LogP) is 3.28. The van der Waals surface area contributed by atoms with Crippen molar-refractivity contribution in [3.8, 4) is 0 Å². The molecular formula is C21H28FNO6S2. The molecule has 1 fully saturated rings. The number of carbonyl (C=O) groups excluding carboxylic acids is 1. The molecule has 0 N–H and O–H groups in total. The van der Waals surface area contributed by atoms with Gasteiger partial charge in [-0.1, -0.05) is 18.2 Å². The molecule has 3 rings (SSSR count). The van der Waals surface area contributed by atoms with Crippen LogP contribution in [0.3, 0.4) is 0 Å². The van der Waals surface area contributed by atoms with Gasteiger partial charge in [-0.25, -0.2) is 4.39 Å². The first-order chi connectivity index (χ1) is 14.4. The molecule has 10 heteroatoms. The van der Waals surface area contributed by atoms with Gasteiger partial charge in [-0.05, 0) is 33.3 Å². The second kappa shape index (κ2) is 9.17. The van der Waals surface area contributed by atoms with Crippen molar-refractivity contribution in [3.05, 3.63) is 35.6 Å². The van der Waals surface area contributed by atoms with E-state index in [9.17, 15) is 17.6 Å². The Morgan fingerprint density at radius 1 is 1.35 bits per heavy atom. The predicted molar refractivity (Wildman–Crippen MR) is 117 cm³/mol. The number of aliphatic imine (C=N–C) groups is 1. The minimum absolute atomic E-state index is 0.00543. The van der Waals surface area contributed by atoms with Crippen LogP contribution in [-0.4, -0.2) is 56.4 Å². The maximum Gasteiger partial charge on any atom is 0.312 e. The van der Waals surface area contributed by atoms with Crippen LogP contribution in [0.25, 0.3) is 0 Å². The molecule has 0 aliphatic carbocycles. The Bertz CT molecular complexity index is 959. The zero-order chi connectivity index (χ0) is 22.9. The number of nitrogens with zero attached hydrogens (tertiary/aromatic N) is 1. The molecule has 3 atom stereocenters. The number of hydrogen-bond donors (Lipinski definition) is 0. The number of ether oxygens (including phenoxy) is 2. The van der Waals surface area contributed by atoms with Crippen LogP contribution >= 0.6 is 11.8 Å². The minimum atomic E-state index is -3.59. The van der Waals surface area contributed by atoms with Crippen molar-refractivity contribution < 1.29 is 31.3 Å².